The van der Waals surface area contributed by atoms with Crippen LogP contribution in [0.25, 0.3) is 22.2 Å². The van der Waals surface area contributed by atoms with Crippen LogP contribution >= 0.6 is 0 Å². The fourth-order valence-electron chi connectivity index (χ4n) is 3.63. The molecule has 0 saturated carbocycles. The van der Waals surface area contributed by atoms with E-state index in [4.69, 9.17) is 15.2 Å². The Morgan fingerprint density at radius 3 is 2.76 bits per heavy atom. The van der Waals surface area contributed by atoms with Crippen LogP contribution in [0, 0.1) is 0 Å². The summed E-state index contributed by atoms with van der Waals surface area (Å²) in [5.74, 6) is 0.389. The highest BCUT2D eigenvalue weighted by Gasteiger charge is 2.21. The first-order chi connectivity index (χ1) is 15.9. The molecule has 2 aromatic carbocycles. The van der Waals surface area contributed by atoms with E-state index in [1.165, 1.54) is 6.20 Å². The van der Waals surface area contributed by atoms with Gasteiger partial charge < -0.3 is 30.4 Å². The first-order valence-corrected chi connectivity index (χ1v) is 10.5. The molecular formula is C24H26N6O3. The monoisotopic (exact) mass is 446 g/mol. The van der Waals surface area contributed by atoms with E-state index in [1.807, 2.05) is 55.5 Å². The highest BCUT2D eigenvalue weighted by Crippen LogP contribution is 2.36. The molecule has 0 bridgehead atoms. The first-order valence-electron chi connectivity index (χ1n) is 10.5. The lowest BCUT2D eigenvalue weighted by molar-refractivity contribution is 0.0526. The lowest BCUT2D eigenvalue weighted by Crippen LogP contribution is -2.12. The Kier molecular flexibility index (Phi) is 6.03. The molecule has 0 atom stereocenters. The molecule has 4 aromatic rings. The number of carbonyl (C=O) groups is 1. The van der Waals surface area contributed by atoms with Crippen molar-refractivity contribution in [1.82, 2.24) is 15.0 Å². The number of nitrogens with one attached hydrogen (secondary N) is 2. The average Bonchev–Trinajstić information content (AvgIpc) is 3.23. The number of methoxy groups -OCH3 is 1. The average molecular weight is 447 g/mol. The third-order valence-corrected chi connectivity index (χ3v) is 5.21. The van der Waals surface area contributed by atoms with Gasteiger partial charge in [-0.3, -0.25) is 0 Å². The summed E-state index contributed by atoms with van der Waals surface area (Å²) in [4.78, 5) is 26.8. The first kappa shape index (κ1) is 21.9. The Bertz CT molecular complexity index is 1320. The molecule has 0 amide bonds. The number of ether oxygens (including phenoxy) is 2. The SMILES string of the molecule is CCOC(=O)c1cnc(Nc2cc(N)c(N(C)C)cc2OC)nc1-c1c[nH]c2ccccc12. The topological polar surface area (TPSA) is 118 Å². The van der Waals surface area contributed by atoms with Gasteiger partial charge in [-0.1, -0.05) is 18.2 Å². The molecule has 0 fully saturated rings. The maximum atomic E-state index is 12.6. The van der Waals surface area contributed by atoms with Crippen molar-refractivity contribution >= 4 is 39.9 Å². The van der Waals surface area contributed by atoms with Crippen LogP contribution in [0.15, 0.2) is 48.8 Å². The van der Waals surface area contributed by atoms with Crippen LogP contribution < -0.4 is 20.7 Å². The Labute approximate surface area is 191 Å². The number of esters is 1. The maximum absolute atomic E-state index is 12.6. The summed E-state index contributed by atoms with van der Waals surface area (Å²) in [6.07, 6.45) is 3.29. The zero-order valence-electron chi connectivity index (χ0n) is 19.0. The van der Waals surface area contributed by atoms with Crippen LogP contribution in [-0.4, -0.2) is 48.7 Å². The Morgan fingerprint density at radius 1 is 1.24 bits per heavy atom. The zero-order chi connectivity index (χ0) is 23.5. The number of para-hydroxylation sites is 1. The normalized spacial score (nSPS) is 10.8. The lowest BCUT2D eigenvalue weighted by atomic mass is 10.1. The van der Waals surface area contributed by atoms with Gasteiger partial charge in [-0.15, -0.1) is 0 Å². The Morgan fingerprint density at radius 2 is 2.03 bits per heavy atom. The number of hydrogen-bond donors (Lipinski definition) is 3. The summed E-state index contributed by atoms with van der Waals surface area (Å²) in [6, 6.07) is 11.4. The van der Waals surface area contributed by atoms with Crippen molar-refractivity contribution < 1.29 is 14.3 Å². The van der Waals surface area contributed by atoms with Crippen molar-refractivity contribution in [1.29, 1.82) is 0 Å². The van der Waals surface area contributed by atoms with Gasteiger partial charge in [-0.05, 0) is 19.1 Å². The number of nitrogens with zero attached hydrogens (tertiary/aromatic N) is 3. The van der Waals surface area contributed by atoms with Crippen LogP contribution in [0.5, 0.6) is 5.75 Å². The smallest absolute Gasteiger partial charge is 0.341 e. The number of aromatic amines is 1. The number of nitrogen functional groups attached to an aromatic ring is 1. The molecule has 2 heterocycles. The minimum atomic E-state index is -0.485. The van der Waals surface area contributed by atoms with E-state index >= 15 is 0 Å². The highest BCUT2D eigenvalue weighted by atomic mass is 16.5. The number of benzene rings is 2. The zero-order valence-corrected chi connectivity index (χ0v) is 19.0. The molecule has 0 aliphatic rings. The fraction of sp³-hybridized carbons (Fsp3) is 0.208. The van der Waals surface area contributed by atoms with Gasteiger partial charge in [0.1, 0.15) is 11.3 Å². The summed E-state index contributed by atoms with van der Waals surface area (Å²) in [6.45, 7) is 2.01. The predicted octanol–water partition coefficient (Wildman–Crippen LogP) is 4.20. The van der Waals surface area contributed by atoms with E-state index in [1.54, 1.807) is 20.1 Å². The number of hydrogen-bond acceptors (Lipinski definition) is 8. The summed E-state index contributed by atoms with van der Waals surface area (Å²) in [5, 5.41) is 4.11. The standard InChI is InChI=1S/C24H26N6O3/c1-5-33-23(31)16-13-27-24(28-19-10-17(25)20(30(2)3)11-21(19)32-4)29-22(16)15-12-26-18-9-7-6-8-14(15)18/h6-13,26H,5,25H2,1-4H3,(H,27,28,29). The van der Waals surface area contributed by atoms with Gasteiger partial charge in [-0.2, -0.15) is 0 Å². The van der Waals surface area contributed by atoms with Gasteiger partial charge in [0, 0.05) is 49.0 Å². The fourth-order valence-corrected chi connectivity index (χ4v) is 3.63. The van der Waals surface area contributed by atoms with E-state index in [-0.39, 0.29) is 12.2 Å². The molecule has 0 radical (unpaired) electrons. The molecule has 9 nitrogen and oxygen atoms in total. The Hall–Kier alpha value is -4.27. The molecule has 0 saturated heterocycles. The highest BCUT2D eigenvalue weighted by molar-refractivity contribution is 6.02. The van der Waals surface area contributed by atoms with Crippen molar-refractivity contribution in [2.45, 2.75) is 6.92 Å². The molecular weight excluding hydrogens is 420 g/mol. The minimum Gasteiger partial charge on any atom is -0.494 e. The summed E-state index contributed by atoms with van der Waals surface area (Å²) >= 11 is 0. The van der Waals surface area contributed by atoms with Gasteiger partial charge in [0.15, 0.2) is 0 Å². The van der Waals surface area contributed by atoms with E-state index in [0.717, 1.165) is 22.2 Å². The van der Waals surface area contributed by atoms with Crippen molar-refractivity contribution in [2.75, 3.05) is 43.8 Å². The maximum Gasteiger partial charge on any atom is 0.341 e. The molecule has 9 heteroatoms. The minimum absolute atomic E-state index is 0.251. The number of nitrogens with two attached hydrogens (primary N) is 1. The Balaban J connectivity index is 1.81. The number of H-pyrrole nitrogens is 1. The number of anilines is 4. The second kappa shape index (κ2) is 9.07. The summed E-state index contributed by atoms with van der Waals surface area (Å²) < 4.78 is 10.8. The van der Waals surface area contributed by atoms with Gasteiger partial charge in [0.2, 0.25) is 5.95 Å². The molecule has 2 aromatic heterocycles. The van der Waals surface area contributed by atoms with Gasteiger partial charge >= 0.3 is 5.97 Å². The van der Waals surface area contributed by atoms with Crippen LogP contribution in [0.2, 0.25) is 0 Å². The molecule has 170 valence electrons. The second-order valence-corrected chi connectivity index (χ2v) is 7.56. The van der Waals surface area contributed by atoms with Crippen molar-refractivity contribution in [3.05, 3.63) is 54.4 Å². The molecule has 0 spiro atoms. The summed E-state index contributed by atoms with van der Waals surface area (Å²) in [7, 11) is 5.39. The van der Waals surface area contributed by atoms with Crippen LogP contribution in [0.3, 0.4) is 0 Å². The second-order valence-electron chi connectivity index (χ2n) is 7.56. The number of fused-ring (bicyclic) bond motifs is 1. The number of rotatable bonds is 7. The third kappa shape index (κ3) is 4.25. The van der Waals surface area contributed by atoms with Crippen LogP contribution in [0.1, 0.15) is 17.3 Å². The predicted molar refractivity (Wildman–Crippen MR) is 130 cm³/mol. The van der Waals surface area contributed by atoms with Crippen molar-refractivity contribution in [2.24, 2.45) is 0 Å². The lowest BCUT2D eigenvalue weighted by Gasteiger charge is -2.19. The van der Waals surface area contributed by atoms with Crippen LogP contribution in [0.4, 0.5) is 23.0 Å². The quantitative estimate of drug-likeness (QED) is 0.285. The van der Waals surface area contributed by atoms with Crippen molar-refractivity contribution in [3.8, 4) is 17.0 Å². The molecule has 0 aliphatic carbocycles. The third-order valence-electron chi connectivity index (χ3n) is 5.21. The molecule has 0 aliphatic heterocycles. The van der Waals surface area contributed by atoms with Gasteiger partial charge in [0.05, 0.1) is 36.5 Å². The van der Waals surface area contributed by atoms with E-state index in [2.05, 4.69) is 20.3 Å². The van der Waals surface area contributed by atoms with Crippen LogP contribution in [-0.2, 0) is 4.74 Å². The molecule has 4 N–H and O–H groups in total. The number of aromatic nitrogens is 3. The molecule has 33 heavy (non-hydrogen) atoms. The van der Waals surface area contributed by atoms with E-state index < -0.39 is 5.97 Å². The van der Waals surface area contributed by atoms with Gasteiger partial charge in [-0.25, -0.2) is 14.8 Å². The van der Waals surface area contributed by atoms with E-state index in [9.17, 15) is 4.79 Å². The van der Waals surface area contributed by atoms with Gasteiger partial charge in [0.25, 0.3) is 0 Å². The van der Waals surface area contributed by atoms with E-state index in [0.29, 0.717) is 28.8 Å². The van der Waals surface area contributed by atoms with Crippen molar-refractivity contribution in [3.63, 3.8) is 0 Å². The largest absolute Gasteiger partial charge is 0.494 e. The molecule has 0 unspecified atom stereocenters. The summed E-state index contributed by atoms with van der Waals surface area (Å²) in [5.41, 5.74) is 10.7. The molecule has 4 rings (SSSR count). The number of carbonyl (C=O) groups excluding carboxylic acids is 1.